The van der Waals surface area contributed by atoms with Crippen molar-refractivity contribution in [2.45, 2.75) is 0 Å². The highest BCUT2D eigenvalue weighted by Gasteiger charge is 2.05. The van der Waals surface area contributed by atoms with Crippen LogP contribution in [0.4, 0.5) is 15.8 Å². The van der Waals surface area contributed by atoms with Crippen LogP contribution < -0.4 is 10.6 Å². The number of aromatic nitrogens is 1. The zero-order valence-corrected chi connectivity index (χ0v) is 10.9. The summed E-state index contributed by atoms with van der Waals surface area (Å²) in [6, 6.07) is 7.09. The van der Waals surface area contributed by atoms with Crippen molar-refractivity contribution in [3.63, 3.8) is 0 Å². The second-order valence-electron chi connectivity index (χ2n) is 3.85. The molecule has 5 nitrogen and oxygen atoms in total. The molecule has 102 valence electrons. The smallest absolute Gasteiger partial charge is 0.337 e. The summed E-state index contributed by atoms with van der Waals surface area (Å²) in [7, 11) is 0. The number of pyridine rings is 1. The van der Waals surface area contributed by atoms with Crippen LogP contribution in [-0.4, -0.2) is 21.2 Å². The van der Waals surface area contributed by atoms with Crippen molar-refractivity contribution in [3.05, 3.63) is 54.1 Å². The van der Waals surface area contributed by atoms with Crippen LogP contribution in [0.3, 0.4) is 0 Å². The molecule has 0 aliphatic rings. The van der Waals surface area contributed by atoms with E-state index in [2.05, 4.69) is 15.6 Å². The summed E-state index contributed by atoms with van der Waals surface area (Å²) in [4.78, 5) is 14.6. The summed E-state index contributed by atoms with van der Waals surface area (Å²) >= 11 is 5.07. The van der Waals surface area contributed by atoms with Crippen molar-refractivity contribution in [2.24, 2.45) is 0 Å². The van der Waals surface area contributed by atoms with E-state index in [1.165, 1.54) is 42.7 Å². The summed E-state index contributed by atoms with van der Waals surface area (Å²) in [5, 5.41) is 14.7. The molecule has 0 radical (unpaired) electrons. The number of hydrogen-bond acceptors (Lipinski definition) is 3. The third kappa shape index (κ3) is 3.72. The maximum Gasteiger partial charge on any atom is 0.337 e. The molecule has 0 unspecified atom stereocenters. The number of hydrogen-bond donors (Lipinski definition) is 3. The van der Waals surface area contributed by atoms with Gasteiger partial charge in [0.25, 0.3) is 0 Å². The average molecular weight is 291 g/mol. The van der Waals surface area contributed by atoms with Crippen LogP contribution in [0.25, 0.3) is 0 Å². The monoisotopic (exact) mass is 291 g/mol. The van der Waals surface area contributed by atoms with Crippen LogP contribution in [0, 0.1) is 5.82 Å². The molecule has 2 rings (SSSR count). The lowest BCUT2D eigenvalue weighted by molar-refractivity contribution is 0.0696. The van der Waals surface area contributed by atoms with E-state index in [0.29, 0.717) is 11.4 Å². The fourth-order valence-corrected chi connectivity index (χ4v) is 1.69. The third-order valence-corrected chi connectivity index (χ3v) is 2.55. The SMILES string of the molecule is O=C(O)c1cncc(NC(=S)Nc2ccc(F)cc2)c1. The van der Waals surface area contributed by atoms with Gasteiger partial charge in [-0.3, -0.25) is 4.98 Å². The van der Waals surface area contributed by atoms with E-state index in [0.717, 1.165) is 0 Å². The molecule has 0 aliphatic carbocycles. The van der Waals surface area contributed by atoms with Gasteiger partial charge in [0.15, 0.2) is 5.11 Å². The van der Waals surface area contributed by atoms with Crippen molar-refractivity contribution < 1.29 is 14.3 Å². The van der Waals surface area contributed by atoms with Gasteiger partial charge in [0.2, 0.25) is 0 Å². The number of benzene rings is 1. The Morgan fingerprint density at radius 2 is 1.80 bits per heavy atom. The Bertz CT molecular complexity index is 646. The van der Waals surface area contributed by atoms with E-state index in [4.69, 9.17) is 17.3 Å². The van der Waals surface area contributed by atoms with Gasteiger partial charge in [0.1, 0.15) is 5.82 Å². The van der Waals surface area contributed by atoms with Crippen LogP contribution in [0.2, 0.25) is 0 Å². The molecule has 20 heavy (non-hydrogen) atoms. The molecule has 0 atom stereocenters. The fourth-order valence-electron chi connectivity index (χ4n) is 1.45. The molecular formula is C13H10FN3O2S. The minimum Gasteiger partial charge on any atom is -0.478 e. The second kappa shape index (κ2) is 6.07. The first-order valence-corrected chi connectivity index (χ1v) is 5.97. The highest BCUT2D eigenvalue weighted by molar-refractivity contribution is 7.80. The normalized spacial score (nSPS) is 9.85. The standard InChI is InChI=1S/C13H10FN3O2S/c14-9-1-3-10(4-2-9)16-13(20)17-11-5-8(12(18)19)6-15-7-11/h1-7H,(H,18,19)(H2,16,17,20). The Morgan fingerprint density at radius 1 is 1.15 bits per heavy atom. The molecule has 1 heterocycles. The van der Waals surface area contributed by atoms with Crippen LogP contribution in [0.15, 0.2) is 42.7 Å². The summed E-state index contributed by atoms with van der Waals surface area (Å²) in [5.41, 5.74) is 1.12. The molecule has 1 aromatic carbocycles. The van der Waals surface area contributed by atoms with E-state index < -0.39 is 5.97 Å². The average Bonchev–Trinajstić information content (AvgIpc) is 2.41. The minimum atomic E-state index is -1.07. The first kappa shape index (κ1) is 13.9. The van der Waals surface area contributed by atoms with Crippen molar-refractivity contribution in [2.75, 3.05) is 10.6 Å². The Labute approximate surface area is 119 Å². The molecular weight excluding hydrogens is 281 g/mol. The van der Waals surface area contributed by atoms with Gasteiger partial charge in [-0.1, -0.05) is 0 Å². The summed E-state index contributed by atoms with van der Waals surface area (Å²) < 4.78 is 12.8. The molecule has 3 N–H and O–H groups in total. The van der Waals surface area contributed by atoms with E-state index in [9.17, 15) is 9.18 Å². The van der Waals surface area contributed by atoms with Gasteiger partial charge in [-0.15, -0.1) is 0 Å². The lowest BCUT2D eigenvalue weighted by atomic mass is 10.2. The highest BCUT2D eigenvalue weighted by Crippen LogP contribution is 2.11. The maximum atomic E-state index is 12.8. The van der Waals surface area contributed by atoms with E-state index in [-0.39, 0.29) is 16.5 Å². The largest absolute Gasteiger partial charge is 0.478 e. The number of nitrogens with zero attached hydrogens (tertiary/aromatic N) is 1. The number of carbonyl (C=O) groups is 1. The van der Waals surface area contributed by atoms with Gasteiger partial charge in [-0.25, -0.2) is 9.18 Å². The van der Waals surface area contributed by atoms with Crippen molar-refractivity contribution >= 4 is 34.7 Å². The van der Waals surface area contributed by atoms with Crippen molar-refractivity contribution in [1.82, 2.24) is 4.98 Å². The number of rotatable bonds is 3. The number of carboxylic acids is 1. The molecule has 7 heteroatoms. The van der Waals surface area contributed by atoms with Gasteiger partial charge >= 0.3 is 5.97 Å². The third-order valence-electron chi connectivity index (χ3n) is 2.35. The topological polar surface area (TPSA) is 74.2 Å². The summed E-state index contributed by atoms with van der Waals surface area (Å²) in [6.45, 7) is 0. The molecule has 0 saturated carbocycles. The number of carboxylic acid groups (broad SMARTS) is 1. The molecule has 0 aliphatic heterocycles. The van der Waals surface area contributed by atoms with Gasteiger partial charge < -0.3 is 15.7 Å². The minimum absolute atomic E-state index is 0.0552. The molecule has 0 saturated heterocycles. The fraction of sp³-hybridized carbons (Fsp3) is 0. The van der Waals surface area contributed by atoms with Crippen LogP contribution in [-0.2, 0) is 0 Å². The Morgan fingerprint density at radius 3 is 2.45 bits per heavy atom. The number of halogens is 1. The van der Waals surface area contributed by atoms with Gasteiger partial charge in [-0.05, 0) is 42.5 Å². The Balaban J connectivity index is 2.02. The number of thiocarbonyl (C=S) groups is 1. The highest BCUT2D eigenvalue weighted by atomic mass is 32.1. The molecule has 0 spiro atoms. The second-order valence-corrected chi connectivity index (χ2v) is 4.26. The first-order chi connectivity index (χ1) is 9.54. The quantitative estimate of drug-likeness (QED) is 0.755. The van der Waals surface area contributed by atoms with Gasteiger partial charge in [0.05, 0.1) is 17.4 Å². The number of anilines is 2. The molecule has 0 bridgehead atoms. The summed E-state index contributed by atoms with van der Waals surface area (Å²) in [6.07, 6.45) is 2.69. The molecule has 0 amide bonds. The van der Waals surface area contributed by atoms with Crippen molar-refractivity contribution in [1.29, 1.82) is 0 Å². The Hall–Kier alpha value is -2.54. The lowest BCUT2D eigenvalue weighted by Crippen LogP contribution is -2.19. The van der Waals surface area contributed by atoms with Crippen molar-refractivity contribution in [3.8, 4) is 0 Å². The first-order valence-electron chi connectivity index (χ1n) is 5.56. The predicted octanol–water partition coefficient (Wildman–Crippen LogP) is 2.73. The number of nitrogens with one attached hydrogen (secondary N) is 2. The molecule has 1 aromatic heterocycles. The maximum absolute atomic E-state index is 12.8. The van der Waals surface area contributed by atoms with E-state index >= 15 is 0 Å². The number of aromatic carboxylic acids is 1. The van der Waals surface area contributed by atoms with Crippen LogP contribution in [0.1, 0.15) is 10.4 Å². The molecule has 0 fully saturated rings. The van der Waals surface area contributed by atoms with E-state index in [1.54, 1.807) is 0 Å². The zero-order chi connectivity index (χ0) is 14.5. The Kier molecular flexibility index (Phi) is 4.21. The lowest BCUT2D eigenvalue weighted by Gasteiger charge is -2.10. The van der Waals surface area contributed by atoms with Crippen LogP contribution in [0.5, 0.6) is 0 Å². The molecule has 2 aromatic rings. The summed E-state index contributed by atoms with van der Waals surface area (Å²) in [5.74, 6) is -1.41. The van der Waals surface area contributed by atoms with Gasteiger partial charge in [-0.2, -0.15) is 0 Å². The zero-order valence-electron chi connectivity index (χ0n) is 10.1. The van der Waals surface area contributed by atoms with Gasteiger partial charge in [0, 0.05) is 11.9 Å². The van der Waals surface area contributed by atoms with Crippen LogP contribution >= 0.6 is 12.2 Å². The predicted molar refractivity (Wildman–Crippen MR) is 77.4 cm³/mol. The van der Waals surface area contributed by atoms with E-state index in [1.807, 2.05) is 0 Å².